The highest BCUT2D eigenvalue weighted by molar-refractivity contribution is 6.34. The number of nitrogens with zero attached hydrogens (tertiary/aromatic N) is 1. The second-order valence-electron chi connectivity index (χ2n) is 3.82. The predicted molar refractivity (Wildman–Crippen MR) is 72.4 cm³/mol. The molecule has 0 aromatic heterocycles. The highest BCUT2D eigenvalue weighted by Gasteiger charge is 2.06. The van der Waals surface area contributed by atoms with Crippen LogP contribution in [0.4, 0.5) is 0 Å². The minimum atomic E-state index is 0.469. The topological polar surface area (TPSA) is 33.0 Å². The van der Waals surface area contributed by atoms with E-state index in [-0.39, 0.29) is 0 Å². The summed E-state index contributed by atoms with van der Waals surface area (Å²) in [5.41, 5.74) is 1.48. The SMILES string of the molecule is Cc1ccc(C#N)c(Oc2cc(Cl)cc(Cl)c2)c1. The molecule has 0 amide bonds. The number of rotatable bonds is 2. The Morgan fingerprint density at radius 2 is 1.72 bits per heavy atom. The van der Waals surface area contributed by atoms with Crippen molar-refractivity contribution in [2.45, 2.75) is 6.92 Å². The Morgan fingerprint density at radius 3 is 2.33 bits per heavy atom. The van der Waals surface area contributed by atoms with Gasteiger partial charge in [-0.2, -0.15) is 5.26 Å². The zero-order chi connectivity index (χ0) is 13.1. The van der Waals surface area contributed by atoms with Gasteiger partial charge in [0.1, 0.15) is 17.6 Å². The van der Waals surface area contributed by atoms with Crippen molar-refractivity contribution in [1.82, 2.24) is 0 Å². The molecule has 0 N–H and O–H groups in total. The third-order valence-corrected chi connectivity index (χ3v) is 2.76. The summed E-state index contributed by atoms with van der Waals surface area (Å²) in [5.74, 6) is 1.01. The van der Waals surface area contributed by atoms with Gasteiger partial charge in [0.25, 0.3) is 0 Å². The van der Waals surface area contributed by atoms with E-state index in [0.717, 1.165) is 5.56 Å². The summed E-state index contributed by atoms with van der Waals surface area (Å²) in [6, 6.07) is 12.4. The van der Waals surface area contributed by atoms with Crippen LogP contribution < -0.4 is 4.74 Å². The van der Waals surface area contributed by atoms with Gasteiger partial charge in [0.15, 0.2) is 0 Å². The summed E-state index contributed by atoms with van der Waals surface area (Å²) in [7, 11) is 0. The first-order chi connectivity index (χ1) is 8.58. The summed E-state index contributed by atoms with van der Waals surface area (Å²) in [6.07, 6.45) is 0. The van der Waals surface area contributed by atoms with Crippen LogP contribution in [0.5, 0.6) is 11.5 Å². The third-order valence-electron chi connectivity index (χ3n) is 2.32. The average molecular weight is 278 g/mol. The van der Waals surface area contributed by atoms with E-state index >= 15 is 0 Å². The third kappa shape index (κ3) is 2.95. The van der Waals surface area contributed by atoms with Crippen molar-refractivity contribution in [3.63, 3.8) is 0 Å². The molecule has 0 aliphatic carbocycles. The first kappa shape index (κ1) is 12.8. The Labute approximate surface area is 115 Å². The number of hydrogen-bond acceptors (Lipinski definition) is 2. The lowest BCUT2D eigenvalue weighted by atomic mass is 10.1. The number of aryl methyl sites for hydroxylation is 1. The van der Waals surface area contributed by atoms with Gasteiger partial charge in [0.2, 0.25) is 0 Å². The van der Waals surface area contributed by atoms with Crippen LogP contribution in [0.1, 0.15) is 11.1 Å². The lowest BCUT2D eigenvalue weighted by molar-refractivity contribution is 0.481. The predicted octanol–water partition coefficient (Wildman–Crippen LogP) is 4.97. The molecule has 2 aromatic carbocycles. The van der Waals surface area contributed by atoms with Crippen LogP contribution >= 0.6 is 23.2 Å². The molecule has 0 aliphatic rings. The van der Waals surface area contributed by atoms with Gasteiger partial charge in [-0.05, 0) is 42.8 Å². The molecule has 0 spiro atoms. The Balaban J connectivity index is 2.39. The van der Waals surface area contributed by atoms with Gasteiger partial charge in [-0.1, -0.05) is 29.3 Å². The van der Waals surface area contributed by atoms with Gasteiger partial charge in [-0.15, -0.1) is 0 Å². The molecule has 0 radical (unpaired) electrons. The standard InChI is InChI=1S/C14H9Cl2NO/c1-9-2-3-10(8-17)14(4-9)18-13-6-11(15)5-12(16)7-13/h2-7H,1H3. The Morgan fingerprint density at radius 1 is 1.06 bits per heavy atom. The minimum Gasteiger partial charge on any atom is -0.456 e. The molecule has 0 fully saturated rings. The monoisotopic (exact) mass is 277 g/mol. The fraction of sp³-hybridized carbons (Fsp3) is 0.0714. The second kappa shape index (κ2) is 5.30. The summed E-state index contributed by atoms with van der Waals surface area (Å²) in [4.78, 5) is 0. The molecule has 2 rings (SSSR count). The van der Waals surface area contributed by atoms with Crippen LogP contribution in [0.3, 0.4) is 0 Å². The molecule has 18 heavy (non-hydrogen) atoms. The largest absolute Gasteiger partial charge is 0.456 e. The first-order valence-electron chi connectivity index (χ1n) is 5.23. The maximum absolute atomic E-state index is 9.01. The van der Waals surface area contributed by atoms with E-state index in [2.05, 4.69) is 6.07 Å². The zero-order valence-electron chi connectivity index (χ0n) is 9.58. The molecule has 90 valence electrons. The number of ether oxygens (including phenoxy) is 1. The maximum Gasteiger partial charge on any atom is 0.145 e. The van der Waals surface area contributed by atoms with Crippen molar-refractivity contribution in [2.24, 2.45) is 0 Å². The van der Waals surface area contributed by atoms with Gasteiger partial charge in [0, 0.05) is 10.0 Å². The molecule has 0 atom stereocenters. The van der Waals surface area contributed by atoms with Gasteiger partial charge in [-0.3, -0.25) is 0 Å². The van der Waals surface area contributed by atoms with Crippen LogP contribution in [0.2, 0.25) is 10.0 Å². The van der Waals surface area contributed by atoms with E-state index < -0.39 is 0 Å². The van der Waals surface area contributed by atoms with Gasteiger partial charge >= 0.3 is 0 Å². The molecule has 0 unspecified atom stereocenters. The molecular weight excluding hydrogens is 269 g/mol. The lowest BCUT2D eigenvalue weighted by Crippen LogP contribution is -1.89. The fourth-order valence-electron chi connectivity index (χ4n) is 1.52. The molecule has 2 nitrogen and oxygen atoms in total. The quantitative estimate of drug-likeness (QED) is 0.777. The molecule has 2 aromatic rings. The summed E-state index contributed by atoms with van der Waals surface area (Å²) in [6.45, 7) is 1.93. The summed E-state index contributed by atoms with van der Waals surface area (Å²) in [5, 5.41) is 9.99. The van der Waals surface area contributed by atoms with E-state index in [0.29, 0.717) is 27.1 Å². The first-order valence-corrected chi connectivity index (χ1v) is 5.99. The minimum absolute atomic E-state index is 0.469. The highest BCUT2D eigenvalue weighted by atomic mass is 35.5. The zero-order valence-corrected chi connectivity index (χ0v) is 11.1. The van der Waals surface area contributed by atoms with Gasteiger partial charge in [-0.25, -0.2) is 0 Å². The fourth-order valence-corrected chi connectivity index (χ4v) is 2.03. The van der Waals surface area contributed by atoms with Crippen molar-refractivity contribution in [3.05, 3.63) is 57.6 Å². The Bertz CT molecular complexity index is 612. The average Bonchev–Trinajstić information content (AvgIpc) is 2.27. The van der Waals surface area contributed by atoms with E-state index in [1.807, 2.05) is 13.0 Å². The van der Waals surface area contributed by atoms with Crippen LogP contribution in [0, 0.1) is 18.3 Å². The van der Waals surface area contributed by atoms with E-state index in [9.17, 15) is 0 Å². The second-order valence-corrected chi connectivity index (χ2v) is 4.69. The van der Waals surface area contributed by atoms with Gasteiger partial charge in [0.05, 0.1) is 5.56 Å². The van der Waals surface area contributed by atoms with E-state index in [4.69, 9.17) is 33.2 Å². The number of nitriles is 1. The molecule has 0 aliphatic heterocycles. The number of hydrogen-bond donors (Lipinski definition) is 0. The van der Waals surface area contributed by atoms with Crippen LogP contribution in [0.15, 0.2) is 36.4 Å². The lowest BCUT2D eigenvalue weighted by Gasteiger charge is -2.09. The molecule has 0 bridgehead atoms. The highest BCUT2D eigenvalue weighted by Crippen LogP contribution is 2.30. The molecule has 0 heterocycles. The van der Waals surface area contributed by atoms with Crippen LogP contribution in [0.25, 0.3) is 0 Å². The van der Waals surface area contributed by atoms with Gasteiger partial charge < -0.3 is 4.74 Å². The summed E-state index contributed by atoms with van der Waals surface area (Å²) < 4.78 is 5.65. The number of halogens is 2. The Hall–Kier alpha value is -1.69. The summed E-state index contributed by atoms with van der Waals surface area (Å²) >= 11 is 11.8. The van der Waals surface area contributed by atoms with Crippen LogP contribution in [-0.4, -0.2) is 0 Å². The van der Waals surface area contributed by atoms with Crippen molar-refractivity contribution in [2.75, 3.05) is 0 Å². The smallest absolute Gasteiger partial charge is 0.145 e. The van der Waals surface area contributed by atoms with E-state index in [1.165, 1.54) is 0 Å². The number of benzene rings is 2. The van der Waals surface area contributed by atoms with Crippen molar-refractivity contribution >= 4 is 23.2 Å². The van der Waals surface area contributed by atoms with Crippen molar-refractivity contribution in [3.8, 4) is 17.6 Å². The van der Waals surface area contributed by atoms with Crippen molar-refractivity contribution < 1.29 is 4.74 Å². The van der Waals surface area contributed by atoms with E-state index in [1.54, 1.807) is 30.3 Å². The Kier molecular flexibility index (Phi) is 3.76. The normalized spacial score (nSPS) is 9.89. The van der Waals surface area contributed by atoms with Crippen LogP contribution in [-0.2, 0) is 0 Å². The molecule has 0 saturated carbocycles. The maximum atomic E-state index is 9.01. The molecule has 0 saturated heterocycles. The molecular formula is C14H9Cl2NO. The van der Waals surface area contributed by atoms with Crippen molar-refractivity contribution in [1.29, 1.82) is 5.26 Å². The molecule has 4 heteroatoms.